The maximum Gasteiger partial charge on any atom is 0.246 e. The van der Waals surface area contributed by atoms with Gasteiger partial charge < -0.3 is 14.3 Å². The summed E-state index contributed by atoms with van der Waals surface area (Å²) in [6.45, 7) is 3.94. The second-order valence-corrected chi connectivity index (χ2v) is 9.86. The van der Waals surface area contributed by atoms with Crippen LogP contribution in [0.2, 0.25) is 0 Å². The van der Waals surface area contributed by atoms with Crippen LogP contribution >= 0.6 is 0 Å². The predicted octanol–water partition coefficient (Wildman–Crippen LogP) is 2.15. The zero-order valence-corrected chi connectivity index (χ0v) is 17.4. The van der Waals surface area contributed by atoms with Crippen molar-refractivity contribution in [1.29, 1.82) is 0 Å². The number of hydrogen-bond acceptors (Lipinski definition) is 5. The molecule has 0 aromatic carbocycles. The van der Waals surface area contributed by atoms with E-state index in [1.165, 1.54) is 12.8 Å². The third-order valence-corrected chi connectivity index (χ3v) is 7.74. The van der Waals surface area contributed by atoms with Crippen LogP contribution in [-0.2, 0) is 16.1 Å². The van der Waals surface area contributed by atoms with Gasteiger partial charge in [0.2, 0.25) is 11.8 Å². The van der Waals surface area contributed by atoms with E-state index in [4.69, 9.17) is 4.52 Å². The van der Waals surface area contributed by atoms with Crippen molar-refractivity contribution in [3.8, 4) is 0 Å². The molecule has 0 radical (unpaired) electrons. The molecule has 0 unspecified atom stereocenters. The van der Waals surface area contributed by atoms with Gasteiger partial charge in [0.15, 0.2) is 0 Å². The molecule has 2 amide bonds. The van der Waals surface area contributed by atoms with E-state index in [2.05, 4.69) is 16.1 Å². The second-order valence-electron chi connectivity index (χ2n) is 9.86. The summed E-state index contributed by atoms with van der Waals surface area (Å²) in [7, 11) is 0. The zero-order chi connectivity index (χ0) is 20.2. The molecule has 0 spiro atoms. The van der Waals surface area contributed by atoms with E-state index >= 15 is 0 Å². The molecule has 0 N–H and O–H groups in total. The number of fused-ring (bicyclic) bond motifs is 4. The molecule has 4 fully saturated rings. The lowest BCUT2D eigenvalue weighted by atomic mass is 9.71. The number of rotatable bonds is 4. The van der Waals surface area contributed by atoms with Gasteiger partial charge in [-0.25, -0.2) is 0 Å². The van der Waals surface area contributed by atoms with Crippen LogP contribution in [0.25, 0.3) is 0 Å². The van der Waals surface area contributed by atoms with E-state index in [1.54, 1.807) is 0 Å². The molecule has 1 aromatic rings. The Balaban J connectivity index is 1.24. The quantitative estimate of drug-likeness (QED) is 0.712. The molecule has 5 aliphatic rings. The summed E-state index contributed by atoms with van der Waals surface area (Å²) in [4.78, 5) is 32.8. The highest BCUT2D eigenvalue weighted by molar-refractivity contribution is 5.89. The summed E-state index contributed by atoms with van der Waals surface area (Å²) in [5, 5.41) is 4.31. The molecule has 1 aliphatic carbocycles. The standard InChI is InChI=1S/C23H30N4O3/c28-21-5-3-4-19-16-10-17(22(27(19)21)23(29)26-8-1-2-9-26)13-25(12-16)14-18-11-20(30-24-18)15-6-7-15/h1-2,11,15-17,19,22H,3-10,12-14H2/t16-,17+,19+,22-/m1/s1. The number of hydrogen-bond donors (Lipinski definition) is 0. The van der Waals surface area contributed by atoms with E-state index in [0.717, 1.165) is 50.4 Å². The fourth-order valence-electron chi connectivity index (χ4n) is 6.24. The van der Waals surface area contributed by atoms with E-state index in [1.807, 2.05) is 22.0 Å². The molecule has 2 bridgehead atoms. The van der Waals surface area contributed by atoms with Crippen molar-refractivity contribution in [2.75, 3.05) is 26.2 Å². The lowest BCUT2D eigenvalue weighted by Gasteiger charge is -2.56. The number of piperidine rings is 3. The zero-order valence-electron chi connectivity index (χ0n) is 17.4. The maximum absolute atomic E-state index is 13.5. The molecular weight excluding hydrogens is 380 g/mol. The van der Waals surface area contributed by atoms with Crippen molar-refractivity contribution >= 4 is 11.8 Å². The lowest BCUT2D eigenvalue weighted by Crippen LogP contribution is -2.68. The number of amides is 2. The summed E-state index contributed by atoms with van der Waals surface area (Å²) in [5.74, 6) is 2.58. The van der Waals surface area contributed by atoms with Gasteiger partial charge in [-0.2, -0.15) is 0 Å². The average Bonchev–Trinajstić information content (AvgIpc) is 3.23. The fourth-order valence-corrected chi connectivity index (χ4v) is 6.24. The maximum atomic E-state index is 13.5. The van der Waals surface area contributed by atoms with Gasteiger partial charge in [0.25, 0.3) is 0 Å². The summed E-state index contributed by atoms with van der Waals surface area (Å²) in [6.07, 6.45) is 10.1. The van der Waals surface area contributed by atoms with Gasteiger partial charge in [0, 0.05) is 63.1 Å². The van der Waals surface area contributed by atoms with Gasteiger partial charge in [-0.1, -0.05) is 17.3 Å². The van der Waals surface area contributed by atoms with Gasteiger partial charge in [0.1, 0.15) is 11.8 Å². The largest absolute Gasteiger partial charge is 0.361 e. The van der Waals surface area contributed by atoms with E-state index in [0.29, 0.717) is 31.3 Å². The first-order valence-corrected chi connectivity index (χ1v) is 11.6. The highest BCUT2D eigenvalue weighted by atomic mass is 16.5. The van der Waals surface area contributed by atoms with Crippen LogP contribution in [0.3, 0.4) is 0 Å². The Morgan fingerprint density at radius 3 is 2.73 bits per heavy atom. The molecule has 5 heterocycles. The third-order valence-electron chi connectivity index (χ3n) is 7.74. The fraction of sp³-hybridized carbons (Fsp3) is 0.696. The first kappa shape index (κ1) is 18.6. The molecule has 7 heteroatoms. The Hall–Kier alpha value is -2.15. The molecule has 4 aliphatic heterocycles. The summed E-state index contributed by atoms with van der Waals surface area (Å²) in [5.41, 5.74) is 1.00. The van der Waals surface area contributed by atoms with Crippen molar-refractivity contribution in [3.05, 3.63) is 29.7 Å². The number of nitrogens with zero attached hydrogens (tertiary/aromatic N) is 4. The molecule has 1 aromatic heterocycles. The third kappa shape index (κ3) is 3.18. The SMILES string of the molecule is O=C([C@H]1[C@H]2C[C@H](CN(Cc3cc(C4CC4)on3)C2)[C@@H]2CCCC(=O)N21)N1CC=CC1. The van der Waals surface area contributed by atoms with Crippen molar-refractivity contribution < 1.29 is 14.1 Å². The van der Waals surface area contributed by atoms with Gasteiger partial charge in [0.05, 0.1) is 5.69 Å². The Morgan fingerprint density at radius 2 is 1.93 bits per heavy atom. The van der Waals surface area contributed by atoms with Crippen molar-refractivity contribution in [2.45, 2.75) is 63.1 Å². The van der Waals surface area contributed by atoms with Crippen LogP contribution in [0.15, 0.2) is 22.7 Å². The minimum absolute atomic E-state index is 0.142. The predicted molar refractivity (Wildman–Crippen MR) is 109 cm³/mol. The lowest BCUT2D eigenvalue weighted by molar-refractivity contribution is -0.164. The van der Waals surface area contributed by atoms with Crippen molar-refractivity contribution in [2.24, 2.45) is 11.8 Å². The van der Waals surface area contributed by atoms with Crippen molar-refractivity contribution in [3.63, 3.8) is 0 Å². The number of aromatic nitrogens is 1. The summed E-state index contributed by atoms with van der Waals surface area (Å²) in [6, 6.07) is 2.02. The first-order valence-electron chi connectivity index (χ1n) is 11.6. The molecular formula is C23H30N4O3. The van der Waals surface area contributed by atoms with E-state index in [9.17, 15) is 9.59 Å². The average molecular weight is 411 g/mol. The molecule has 1 saturated carbocycles. The number of carbonyl (C=O) groups is 2. The minimum atomic E-state index is -0.305. The van der Waals surface area contributed by atoms with Crippen LogP contribution < -0.4 is 0 Å². The Bertz CT molecular complexity index is 868. The van der Waals surface area contributed by atoms with E-state index < -0.39 is 0 Å². The molecule has 6 rings (SSSR count). The van der Waals surface area contributed by atoms with Crippen molar-refractivity contribution in [1.82, 2.24) is 19.9 Å². The van der Waals surface area contributed by atoms with E-state index in [-0.39, 0.29) is 29.8 Å². The topological polar surface area (TPSA) is 69.9 Å². The Labute approximate surface area is 177 Å². The Morgan fingerprint density at radius 1 is 1.13 bits per heavy atom. The van der Waals surface area contributed by atoms with Crippen LogP contribution in [-0.4, -0.2) is 69.9 Å². The van der Waals surface area contributed by atoms with Crippen LogP contribution in [0.4, 0.5) is 0 Å². The minimum Gasteiger partial charge on any atom is -0.361 e. The normalized spacial score (nSPS) is 33.8. The van der Waals surface area contributed by atoms with Gasteiger partial charge in [-0.05, 0) is 38.0 Å². The highest BCUT2D eigenvalue weighted by Gasteiger charge is 2.52. The molecule has 4 atom stereocenters. The number of carbonyl (C=O) groups excluding carboxylic acids is 2. The van der Waals surface area contributed by atoms with Gasteiger partial charge >= 0.3 is 0 Å². The van der Waals surface area contributed by atoms with Crippen LogP contribution in [0.1, 0.15) is 55.9 Å². The summed E-state index contributed by atoms with van der Waals surface area (Å²) < 4.78 is 5.55. The molecule has 7 nitrogen and oxygen atoms in total. The monoisotopic (exact) mass is 410 g/mol. The Kier molecular flexibility index (Phi) is 4.48. The van der Waals surface area contributed by atoms with Crippen LogP contribution in [0.5, 0.6) is 0 Å². The van der Waals surface area contributed by atoms with Crippen LogP contribution in [0, 0.1) is 11.8 Å². The number of likely N-dealkylation sites (tertiary alicyclic amines) is 1. The molecule has 30 heavy (non-hydrogen) atoms. The van der Waals surface area contributed by atoms with Gasteiger partial charge in [-0.3, -0.25) is 14.5 Å². The van der Waals surface area contributed by atoms with Gasteiger partial charge in [-0.15, -0.1) is 0 Å². The smallest absolute Gasteiger partial charge is 0.246 e. The summed E-state index contributed by atoms with van der Waals surface area (Å²) >= 11 is 0. The molecule has 3 saturated heterocycles. The highest BCUT2D eigenvalue weighted by Crippen LogP contribution is 2.43. The second kappa shape index (κ2) is 7.22. The molecule has 160 valence electrons. The first-order chi connectivity index (χ1) is 14.7.